The second-order valence-corrected chi connectivity index (χ2v) is 6.08. The van der Waals surface area contributed by atoms with Crippen LogP contribution < -0.4 is 0 Å². The van der Waals surface area contributed by atoms with Gasteiger partial charge in [-0.15, -0.1) is 0 Å². The zero-order chi connectivity index (χ0) is 15.5. The molecule has 1 aromatic rings. The van der Waals surface area contributed by atoms with Gasteiger partial charge in [0.25, 0.3) is 0 Å². The molecule has 0 radical (unpaired) electrons. The van der Waals surface area contributed by atoms with Gasteiger partial charge in [-0.3, -0.25) is 4.90 Å². The van der Waals surface area contributed by atoms with E-state index in [1.54, 1.807) is 7.05 Å². The van der Waals surface area contributed by atoms with E-state index in [1.807, 2.05) is 32.0 Å². The zero-order valence-electron chi connectivity index (χ0n) is 13.0. The highest BCUT2D eigenvalue weighted by Gasteiger charge is 2.39. The fraction of sp³-hybridized carbons (Fsp3) is 0.562. The Morgan fingerprint density at radius 2 is 2.10 bits per heavy atom. The third kappa shape index (κ3) is 3.74. The molecule has 1 aromatic carbocycles. The van der Waals surface area contributed by atoms with Crippen LogP contribution in [0, 0.1) is 0 Å². The molecule has 1 fully saturated rings. The summed E-state index contributed by atoms with van der Waals surface area (Å²) in [5.74, 6) is 0. The summed E-state index contributed by atoms with van der Waals surface area (Å²) < 4.78 is 5.84. The van der Waals surface area contributed by atoms with Gasteiger partial charge in [-0.05, 0) is 19.4 Å². The highest BCUT2D eigenvalue weighted by Crippen LogP contribution is 2.24. The van der Waals surface area contributed by atoms with E-state index in [9.17, 15) is 9.90 Å². The SMILES string of the molecule is CN(C(=O)O)C(C)(C)C1CN(Cc2ccccc2)CCO1. The van der Waals surface area contributed by atoms with E-state index in [2.05, 4.69) is 17.0 Å². The van der Waals surface area contributed by atoms with Gasteiger partial charge in [-0.25, -0.2) is 4.79 Å². The van der Waals surface area contributed by atoms with Gasteiger partial charge in [0.2, 0.25) is 0 Å². The van der Waals surface area contributed by atoms with E-state index >= 15 is 0 Å². The fourth-order valence-corrected chi connectivity index (χ4v) is 2.58. The quantitative estimate of drug-likeness (QED) is 0.925. The average Bonchev–Trinajstić information content (AvgIpc) is 2.47. The molecular formula is C16H24N2O3. The normalized spacial score (nSPS) is 20.2. The van der Waals surface area contributed by atoms with Crippen LogP contribution in [0.15, 0.2) is 30.3 Å². The summed E-state index contributed by atoms with van der Waals surface area (Å²) in [5.41, 5.74) is 0.712. The lowest BCUT2D eigenvalue weighted by molar-refractivity contribution is -0.0938. The van der Waals surface area contributed by atoms with E-state index in [1.165, 1.54) is 10.5 Å². The van der Waals surface area contributed by atoms with Crippen molar-refractivity contribution < 1.29 is 14.6 Å². The topological polar surface area (TPSA) is 53.0 Å². The number of likely N-dealkylation sites (N-methyl/N-ethyl adjacent to an activating group) is 1. The molecule has 1 heterocycles. The van der Waals surface area contributed by atoms with Crippen molar-refractivity contribution in [3.8, 4) is 0 Å². The standard InChI is InChI=1S/C16H24N2O3/c1-16(2,17(3)15(19)20)14-12-18(9-10-21-14)11-13-7-5-4-6-8-13/h4-8,14H,9-12H2,1-3H3,(H,19,20). The molecule has 1 amide bonds. The third-order valence-electron chi connectivity index (χ3n) is 4.34. The smallest absolute Gasteiger partial charge is 0.407 e. The highest BCUT2D eigenvalue weighted by atomic mass is 16.5. The van der Waals surface area contributed by atoms with Crippen molar-refractivity contribution in [3.63, 3.8) is 0 Å². The molecule has 2 rings (SSSR count). The van der Waals surface area contributed by atoms with Gasteiger partial charge >= 0.3 is 6.09 Å². The predicted octanol–water partition coefficient (Wildman–Crippen LogP) is 2.28. The minimum Gasteiger partial charge on any atom is -0.465 e. The highest BCUT2D eigenvalue weighted by molar-refractivity contribution is 5.65. The second kappa shape index (κ2) is 6.45. The van der Waals surface area contributed by atoms with Crippen LogP contribution in [0.5, 0.6) is 0 Å². The first-order valence-corrected chi connectivity index (χ1v) is 7.26. The molecule has 0 aromatic heterocycles. The summed E-state index contributed by atoms with van der Waals surface area (Å²) in [6.45, 7) is 6.94. The summed E-state index contributed by atoms with van der Waals surface area (Å²) in [7, 11) is 1.60. The number of benzene rings is 1. The first-order valence-electron chi connectivity index (χ1n) is 7.26. The molecular weight excluding hydrogens is 268 g/mol. The predicted molar refractivity (Wildman–Crippen MR) is 81.3 cm³/mol. The molecule has 0 aliphatic carbocycles. The Morgan fingerprint density at radius 3 is 2.71 bits per heavy atom. The number of ether oxygens (including phenoxy) is 1. The zero-order valence-corrected chi connectivity index (χ0v) is 13.0. The van der Waals surface area contributed by atoms with Crippen LogP contribution in [-0.4, -0.2) is 59.4 Å². The molecule has 5 nitrogen and oxygen atoms in total. The maximum atomic E-state index is 11.2. The minimum atomic E-state index is -0.927. The number of carbonyl (C=O) groups is 1. The maximum absolute atomic E-state index is 11.2. The Balaban J connectivity index is 2.02. The molecule has 1 atom stereocenters. The van der Waals surface area contributed by atoms with Gasteiger partial charge in [-0.2, -0.15) is 0 Å². The Kier molecular flexibility index (Phi) is 4.85. The Bertz CT molecular complexity index is 476. The summed E-state index contributed by atoms with van der Waals surface area (Å²) in [6.07, 6.45) is -1.06. The van der Waals surface area contributed by atoms with Gasteiger partial charge in [0.05, 0.1) is 18.2 Å². The summed E-state index contributed by atoms with van der Waals surface area (Å²) in [6, 6.07) is 10.3. The van der Waals surface area contributed by atoms with Crippen LogP contribution in [0.25, 0.3) is 0 Å². The molecule has 21 heavy (non-hydrogen) atoms. The average molecular weight is 292 g/mol. The molecule has 0 bridgehead atoms. The Hall–Kier alpha value is -1.59. The van der Waals surface area contributed by atoms with Crippen molar-refractivity contribution >= 4 is 6.09 Å². The first kappa shape index (κ1) is 15.8. The molecule has 1 unspecified atom stereocenters. The lowest BCUT2D eigenvalue weighted by Gasteiger charge is -2.44. The van der Waals surface area contributed by atoms with Crippen LogP contribution >= 0.6 is 0 Å². The number of hydrogen-bond acceptors (Lipinski definition) is 3. The van der Waals surface area contributed by atoms with Crippen LogP contribution in [0.1, 0.15) is 19.4 Å². The van der Waals surface area contributed by atoms with E-state index in [4.69, 9.17) is 4.74 Å². The van der Waals surface area contributed by atoms with Crippen molar-refractivity contribution in [3.05, 3.63) is 35.9 Å². The van der Waals surface area contributed by atoms with Gasteiger partial charge in [-0.1, -0.05) is 30.3 Å². The number of carboxylic acid groups (broad SMARTS) is 1. The molecule has 0 saturated carbocycles. The molecule has 1 aliphatic heterocycles. The molecule has 1 N–H and O–H groups in total. The van der Waals surface area contributed by atoms with E-state index < -0.39 is 11.6 Å². The van der Waals surface area contributed by atoms with Gasteiger partial charge < -0.3 is 14.7 Å². The summed E-state index contributed by atoms with van der Waals surface area (Å²) >= 11 is 0. The van der Waals surface area contributed by atoms with Crippen molar-refractivity contribution in [2.24, 2.45) is 0 Å². The molecule has 5 heteroatoms. The number of morpholine rings is 1. The van der Waals surface area contributed by atoms with Crippen LogP contribution in [0.4, 0.5) is 4.79 Å². The van der Waals surface area contributed by atoms with Gasteiger partial charge in [0.1, 0.15) is 0 Å². The maximum Gasteiger partial charge on any atom is 0.407 e. The lowest BCUT2D eigenvalue weighted by atomic mass is 9.94. The van der Waals surface area contributed by atoms with Gasteiger partial charge in [0.15, 0.2) is 0 Å². The van der Waals surface area contributed by atoms with Crippen LogP contribution in [0.2, 0.25) is 0 Å². The van der Waals surface area contributed by atoms with Crippen molar-refractivity contribution in [1.29, 1.82) is 0 Å². The molecule has 116 valence electrons. The lowest BCUT2D eigenvalue weighted by Crippen LogP contribution is -2.59. The Labute approximate surface area is 126 Å². The number of rotatable bonds is 4. The van der Waals surface area contributed by atoms with Crippen molar-refractivity contribution in [2.45, 2.75) is 32.0 Å². The van der Waals surface area contributed by atoms with Gasteiger partial charge in [0, 0.05) is 26.7 Å². The van der Waals surface area contributed by atoms with E-state index in [-0.39, 0.29) is 6.10 Å². The molecule has 1 aliphatic rings. The minimum absolute atomic E-state index is 0.129. The number of nitrogens with zero attached hydrogens (tertiary/aromatic N) is 2. The second-order valence-electron chi connectivity index (χ2n) is 6.08. The van der Waals surface area contributed by atoms with Crippen molar-refractivity contribution in [1.82, 2.24) is 9.80 Å². The van der Waals surface area contributed by atoms with Crippen molar-refractivity contribution in [2.75, 3.05) is 26.7 Å². The van der Waals surface area contributed by atoms with E-state index in [0.717, 1.165) is 19.6 Å². The molecule has 1 saturated heterocycles. The first-order chi connectivity index (χ1) is 9.91. The summed E-state index contributed by atoms with van der Waals surface area (Å²) in [4.78, 5) is 14.9. The number of hydrogen-bond donors (Lipinski definition) is 1. The largest absolute Gasteiger partial charge is 0.465 e. The van der Waals surface area contributed by atoms with Crippen LogP contribution in [-0.2, 0) is 11.3 Å². The number of amides is 1. The monoisotopic (exact) mass is 292 g/mol. The van der Waals surface area contributed by atoms with Crippen LogP contribution in [0.3, 0.4) is 0 Å². The third-order valence-corrected chi connectivity index (χ3v) is 4.34. The van der Waals surface area contributed by atoms with E-state index in [0.29, 0.717) is 6.61 Å². The molecule has 0 spiro atoms. The summed E-state index contributed by atoms with van der Waals surface area (Å²) in [5, 5.41) is 9.21. The fourth-order valence-electron chi connectivity index (χ4n) is 2.58. The Morgan fingerprint density at radius 1 is 1.43 bits per heavy atom.